The summed E-state index contributed by atoms with van der Waals surface area (Å²) in [6.45, 7) is 1.48. The second kappa shape index (κ2) is 7.40. The number of hydrogen-bond acceptors (Lipinski definition) is 3. The lowest BCUT2D eigenvalue weighted by Gasteiger charge is -2.35. The van der Waals surface area contributed by atoms with Crippen molar-refractivity contribution in [3.05, 3.63) is 23.1 Å². The van der Waals surface area contributed by atoms with Gasteiger partial charge in [0.1, 0.15) is 0 Å². The van der Waals surface area contributed by atoms with Gasteiger partial charge in [-0.2, -0.15) is 0 Å². The first-order valence-electron chi connectivity index (χ1n) is 8.56. The van der Waals surface area contributed by atoms with Gasteiger partial charge < -0.3 is 9.80 Å². The van der Waals surface area contributed by atoms with Crippen LogP contribution in [0.3, 0.4) is 0 Å². The van der Waals surface area contributed by atoms with Gasteiger partial charge in [0.25, 0.3) is 5.92 Å². The van der Waals surface area contributed by atoms with E-state index >= 15 is 0 Å². The first kappa shape index (κ1) is 18.3. The zero-order valence-electron chi connectivity index (χ0n) is 13.9. The number of piperidine rings is 2. The van der Waals surface area contributed by atoms with Crippen LogP contribution < -0.4 is 4.90 Å². The van der Waals surface area contributed by atoms with Crippen LogP contribution in [0.25, 0.3) is 0 Å². The van der Waals surface area contributed by atoms with Crippen LogP contribution in [0.15, 0.2) is 12.3 Å². The number of likely N-dealkylation sites (tertiary alicyclic amines) is 1. The van der Waals surface area contributed by atoms with Crippen LogP contribution in [-0.2, 0) is 4.79 Å². The summed E-state index contributed by atoms with van der Waals surface area (Å²) in [5.74, 6) is -2.66. The van der Waals surface area contributed by atoms with Crippen molar-refractivity contribution in [3.8, 4) is 0 Å². The minimum Gasteiger partial charge on any atom is -0.354 e. The molecule has 2 fully saturated rings. The van der Waals surface area contributed by atoms with Gasteiger partial charge in [-0.1, -0.05) is 11.6 Å². The number of amides is 1. The summed E-state index contributed by atoms with van der Waals surface area (Å²) >= 11 is 5.72. The van der Waals surface area contributed by atoms with Crippen LogP contribution in [0.4, 0.5) is 19.0 Å². The van der Waals surface area contributed by atoms with Crippen molar-refractivity contribution in [3.63, 3.8) is 0 Å². The molecule has 3 rings (SSSR count). The molecule has 0 radical (unpaired) electrons. The zero-order valence-corrected chi connectivity index (χ0v) is 14.6. The number of aromatic nitrogens is 1. The second-order valence-corrected chi connectivity index (χ2v) is 7.27. The Balaban J connectivity index is 1.48. The largest absolute Gasteiger partial charge is 0.354 e. The van der Waals surface area contributed by atoms with E-state index in [0.29, 0.717) is 19.5 Å². The summed E-state index contributed by atoms with van der Waals surface area (Å²) in [6.07, 6.45) is 2.79. The molecule has 1 amide bonds. The molecule has 0 unspecified atom stereocenters. The molecule has 138 valence electrons. The predicted octanol–water partition coefficient (Wildman–Crippen LogP) is 3.74. The van der Waals surface area contributed by atoms with Crippen LogP contribution in [-0.4, -0.2) is 47.9 Å². The van der Waals surface area contributed by atoms with Gasteiger partial charge in [0, 0.05) is 51.6 Å². The maximum Gasteiger partial charge on any atom is 0.251 e. The summed E-state index contributed by atoms with van der Waals surface area (Å²) in [7, 11) is 0. The van der Waals surface area contributed by atoms with Gasteiger partial charge >= 0.3 is 0 Å². The number of nitrogens with zero attached hydrogens (tertiary/aromatic N) is 3. The van der Waals surface area contributed by atoms with Crippen molar-refractivity contribution in [1.29, 1.82) is 0 Å². The molecule has 0 saturated carbocycles. The molecule has 0 atom stereocenters. The van der Waals surface area contributed by atoms with E-state index < -0.39 is 11.7 Å². The van der Waals surface area contributed by atoms with Gasteiger partial charge in [0.05, 0.1) is 5.02 Å². The molecule has 1 aromatic heterocycles. The lowest BCUT2D eigenvalue weighted by Crippen LogP contribution is -2.44. The van der Waals surface area contributed by atoms with Gasteiger partial charge in [-0.15, -0.1) is 0 Å². The molecule has 0 spiro atoms. The van der Waals surface area contributed by atoms with Crippen molar-refractivity contribution in [1.82, 2.24) is 9.88 Å². The highest BCUT2D eigenvalue weighted by atomic mass is 35.5. The lowest BCUT2D eigenvalue weighted by molar-refractivity contribution is -0.138. The van der Waals surface area contributed by atoms with E-state index in [1.807, 2.05) is 4.90 Å². The van der Waals surface area contributed by atoms with E-state index in [2.05, 4.69) is 4.98 Å². The van der Waals surface area contributed by atoms with Crippen molar-refractivity contribution in [2.45, 2.75) is 38.0 Å². The highest BCUT2D eigenvalue weighted by molar-refractivity contribution is 6.30. The topological polar surface area (TPSA) is 36.4 Å². The van der Waals surface area contributed by atoms with Gasteiger partial charge in [0.15, 0.2) is 11.6 Å². The summed E-state index contributed by atoms with van der Waals surface area (Å²) < 4.78 is 40.3. The first-order valence-corrected chi connectivity index (χ1v) is 8.93. The molecule has 4 nitrogen and oxygen atoms in total. The number of alkyl halides is 2. The SMILES string of the molecule is O=C(CC1CCN(c2ncc(Cl)cc2F)CC1)N1CCC(F)(F)CC1. The summed E-state index contributed by atoms with van der Waals surface area (Å²) in [5, 5.41) is 0.258. The molecule has 8 heteroatoms. The molecule has 2 aliphatic heterocycles. The van der Waals surface area contributed by atoms with E-state index in [-0.39, 0.29) is 48.6 Å². The summed E-state index contributed by atoms with van der Waals surface area (Å²) in [5.41, 5.74) is 0. The van der Waals surface area contributed by atoms with E-state index in [4.69, 9.17) is 11.6 Å². The fourth-order valence-corrected chi connectivity index (χ4v) is 3.59. The molecule has 0 aliphatic carbocycles. The summed E-state index contributed by atoms with van der Waals surface area (Å²) in [6, 6.07) is 1.24. The van der Waals surface area contributed by atoms with Crippen LogP contribution in [0.1, 0.15) is 32.1 Å². The number of hydrogen-bond donors (Lipinski definition) is 0. The summed E-state index contributed by atoms with van der Waals surface area (Å²) in [4.78, 5) is 19.7. The smallest absolute Gasteiger partial charge is 0.251 e. The molecule has 2 aliphatic rings. The van der Waals surface area contributed by atoms with Gasteiger partial charge in [0.2, 0.25) is 5.91 Å². The molecule has 0 bridgehead atoms. The monoisotopic (exact) mass is 375 g/mol. The van der Waals surface area contributed by atoms with Crippen LogP contribution in [0.2, 0.25) is 5.02 Å². The van der Waals surface area contributed by atoms with E-state index in [1.165, 1.54) is 12.3 Å². The molecule has 0 aromatic carbocycles. The fraction of sp³-hybridized carbons (Fsp3) is 0.647. The Labute approximate surface area is 149 Å². The third-order valence-corrected chi connectivity index (χ3v) is 5.22. The number of carbonyl (C=O) groups is 1. The highest BCUT2D eigenvalue weighted by Gasteiger charge is 2.36. The van der Waals surface area contributed by atoms with Crippen LogP contribution in [0.5, 0.6) is 0 Å². The van der Waals surface area contributed by atoms with Crippen molar-refractivity contribution in [2.75, 3.05) is 31.1 Å². The van der Waals surface area contributed by atoms with Gasteiger partial charge in [-0.05, 0) is 24.8 Å². The first-order chi connectivity index (χ1) is 11.8. The zero-order chi connectivity index (χ0) is 18.0. The number of anilines is 1. The molecule has 2 saturated heterocycles. The number of rotatable bonds is 3. The minimum absolute atomic E-state index is 0.0512. The Morgan fingerprint density at radius 1 is 1.24 bits per heavy atom. The molecule has 1 aromatic rings. The molecular weight excluding hydrogens is 355 g/mol. The standard InChI is InChI=1S/C17H21ClF3N3O/c18-13-10-14(19)16(22-11-13)24-5-1-12(2-6-24)9-15(25)23-7-3-17(20,21)4-8-23/h10-12H,1-9H2. The molecular formula is C17H21ClF3N3O. The second-order valence-electron chi connectivity index (χ2n) is 6.83. The predicted molar refractivity (Wildman–Crippen MR) is 89.5 cm³/mol. The quantitative estimate of drug-likeness (QED) is 0.807. The minimum atomic E-state index is -2.64. The van der Waals surface area contributed by atoms with Crippen LogP contribution >= 0.6 is 11.6 Å². The number of halogens is 4. The third kappa shape index (κ3) is 4.57. The maximum absolute atomic E-state index is 13.9. The van der Waals surface area contributed by atoms with Gasteiger partial charge in [-0.25, -0.2) is 18.2 Å². The molecule has 25 heavy (non-hydrogen) atoms. The average molecular weight is 376 g/mol. The third-order valence-electron chi connectivity index (χ3n) is 5.01. The lowest BCUT2D eigenvalue weighted by atomic mass is 9.92. The molecule has 3 heterocycles. The fourth-order valence-electron chi connectivity index (χ4n) is 3.45. The highest BCUT2D eigenvalue weighted by Crippen LogP contribution is 2.30. The number of carbonyl (C=O) groups excluding carboxylic acids is 1. The Morgan fingerprint density at radius 3 is 2.48 bits per heavy atom. The van der Waals surface area contributed by atoms with E-state index in [0.717, 1.165) is 12.8 Å². The van der Waals surface area contributed by atoms with Crippen molar-refractivity contribution >= 4 is 23.3 Å². The average Bonchev–Trinajstić information content (AvgIpc) is 2.56. The Morgan fingerprint density at radius 2 is 1.88 bits per heavy atom. The Hall–Kier alpha value is -1.50. The Kier molecular flexibility index (Phi) is 5.41. The molecule has 0 N–H and O–H groups in total. The van der Waals surface area contributed by atoms with Gasteiger partial charge in [-0.3, -0.25) is 4.79 Å². The maximum atomic E-state index is 13.9. The number of pyridine rings is 1. The Bertz CT molecular complexity index is 626. The van der Waals surface area contributed by atoms with E-state index in [1.54, 1.807) is 4.90 Å². The van der Waals surface area contributed by atoms with Crippen molar-refractivity contribution < 1.29 is 18.0 Å². The normalized spacial score (nSPS) is 21.4. The van der Waals surface area contributed by atoms with Crippen LogP contribution in [0, 0.1) is 11.7 Å². The van der Waals surface area contributed by atoms with Crippen molar-refractivity contribution in [2.24, 2.45) is 5.92 Å². The van der Waals surface area contributed by atoms with E-state index in [9.17, 15) is 18.0 Å².